The molecular weight excluding hydrogens is 258 g/mol. The molecule has 118 valence electrons. The van der Waals surface area contributed by atoms with Crippen molar-refractivity contribution >= 4 is 0 Å². The Morgan fingerprint density at radius 1 is 1.29 bits per heavy atom. The molecule has 3 heteroatoms. The van der Waals surface area contributed by atoms with Gasteiger partial charge in [-0.15, -0.1) is 0 Å². The van der Waals surface area contributed by atoms with Crippen LogP contribution in [0.5, 0.6) is 0 Å². The molecule has 3 nitrogen and oxygen atoms in total. The molecule has 0 bridgehead atoms. The Kier molecular flexibility index (Phi) is 4.15. The van der Waals surface area contributed by atoms with Gasteiger partial charge in [0.25, 0.3) is 0 Å². The molecule has 2 aliphatic rings. The highest BCUT2D eigenvalue weighted by Gasteiger charge is 2.32. The fourth-order valence-corrected chi connectivity index (χ4v) is 4.26. The highest BCUT2D eigenvalue weighted by Crippen LogP contribution is 2.40. The molecule has 21 heavy (non-hydrogen) atoms. The minimum atomic E-state index is 0.221. The number of nitrogens with zero attached hydrogens (tertiary/aromatic N) is 2. The predicted molar refractivity (Wildman–Crippen MR) is 88.3 cm³/mol. The van der Waals surface area contributed by atoms with Crippen LogP contribution in [-0.4, -0.2) is 29.1 Å². The summed E-state index contributed by atoms with van der Waals surface area (Å²) in [6.45, 7) is 12.1. The molecule has 2 heterocycles. The molecule has 2 N–H and O–H groups in total. The molecule has 1 aliphatic carbocycles. The normalized spacial score (nSPS) is 26.8. The van der Waals surface area contributed by atoms with Crippen molar-refractivity contribution in [2.45, 2.75) is 59.0 Å². The van der Waals surface area contributed by atoms with Crippen molar-refractivity contribution in [2.75, 3.05) is 19.6 Å². The Morgan fingerprint density at radius 3 is 2.71 bits per heavy atom. The molecule has 2 unspecified atom stereocenters. The van der Waals surface area contributed by atoms with Gasteiger partial charge < -0.3 is 15.2 Å². The van der Waals surface area contributed by atoms with Crippen LogP contribution >= 0.6 is 0 Å². The molecular formula is C18H31N3. The molecule has 0 radical (unpaired) electrons. The van der Waals surface area contributed by atoms with Crippen LogP contribution in [0.4, 0.5) is 0 Å². The van der Waals surface area contributed by atoms with Crippen molar-refractivity contribution in [2.24, 2.45) is 17.1 Å². The van der Waals surface area contributed by atoms with Crippen molar-refractivity contribution < 1.29 is 0 Å². The van der Waals surface area contributed by atoms with E-state index in [4.69, 9.17) is 5.73 Å². The number of fused-ring (bicyclic) bond motifs is 1. The SMILES string of the molecule is CC(CN1CCCC1)Cn1ccc2c1CC(C)(C)CC2N. The van der Waals surface area contributed by atoms with Gasteiger partial charge in [0.15, 0.2) is 0 Å². The molecule has 1 aromatic heterocycles. The first-order valence-corrected chi connectivity index (χ1v) is 8.60. The van der Waals surface area contributed by atoms with Crippen LogP contribution in [0.3, 0.4) is 0 Å². The molecule has 0 spiro atoms. The van der Waals surface area contributed by atoms with Gasteiger partial charge in [0, 0.05) is 31.0 Å². The zero-order valence-corrected chi connectivity index (χ0v) is 13.9. The van der Waals surface area contributed by atoms with Crippen LogP contribution < -0.4 is 5.73 Å². The zero-order valence-electron chi connectivity index (χ0n) is 13.9. The molecule has 2 atom stereocenters. The number of likely N-dealkylation sites (tertiary alicyclic amines) is 1. The van der Waals surface area contributed by atoms with Gasteiger partial charge in [0.05, 0.1) is 0 Å². The van der Waals surface area contributed by atoms with Gasteiger partial charge in [-0.3, -0.25) is 0 Å². The second-order valence-corrected chi connectivity index (χ2v) is 8.13. The smallest absolute Gasteiger partial charge is 0.0318 e. The third-order valence-corrected chi connectivity index (χ3v) is 5.21. The summed E-state index contributed by atoms with van der Waals surface area (Å²) >= 11 is 0. The molecule has 0 amide bonds. The van der Waals surface area contributed by atoms with Crippen LogP contribution in [0.2, 0.25) is 0 Å². The van der Waals surface area contributed by atoms with E-state index in [1.165, 1.54) is 50.2 Å². The van der Waals surface area contributed by atoms with Crippen molar-refractivity contribution in [3.05, 3.63) is 23.5 Å². The topological polar surface area (TPSA) is 34.2 Å². The first kappa shape index (κ1) is 15.1. The number of hydrogen-bond donors (Lipinski definition) is 1. The number of rotatable bonds is 4. The largest absolute Gasteiger partial charge is 0.351 e. The average molecular weight is 289 g/mol. The van der Waals surface area contributed by atoms with Crippen LogP contribution in [0.15, 0.2) is 12.3 Å². The van der Waals surface area contributed by atoms with Gasteiger partial charge in [-0.05, 0) is 61.7 Å². The van der Waals surface area contributed by atoms with Gasteiger partial charge in [-0.2, -0.15) is 0 Å². The average Bonchev–Trinajstić information content (AvgIpc) is 2.99. The third-order valence-electron chi connectivity index (χ3n) is 5.21. The van der Waals surface area contributed by atoms with Gasteiger partial charge in [0.2, 0.25) is 0 Å². The lowest BCUT2D eigenvalue weighted by Crippen LogP contribution is -2.32. The van der Waals surface area contributed by atoms with E-state index in [0.717, 1.165) is 13.0 Å². The van der Waals surface area contributed by atoms with Gasteiger partial charge in [0.1, 0.15) is 0 Å². The highest BCUT2D eigenvalue weighted by atomic mass is 15.1. The quantitative estimate of drug-likeness (QED) is 0.923. The summed E-state index contributed by atoms with van der Waals surface area (Å²) in [6.07, 6.45) is 7.31. The maximum atomic E-state index is 6.38. The standard InChI is InChI=1S/C18H31N3/c1-14(12-20-7-4-5-8-20)13-21-9-6-15-16(19)10-18(2,3)11-17(15)21/h6,9,14,16H,4-5,7-8,10-13,19H2,1-3H3. The van der Waals surface area contributed by atoms with Crippen LogP contribution in [0.25, 0.3) is 0 Å². The lowest BCUT2D eigenvalue weighted by atomic mass is 9.74. The van der Waals surface area contributed by atoms with E-state index in [1.807, 2.05) is 0 Å². The molecule has 1 aromatic rings. The third kappa shape index (κ3) is 3.35. The number of nitrogens with two attached hydrogens (primary N) is 1. The Balaban J connectivity index is 1.69. The van der Waals surface area contributed by atoms with Crippen LogP contribution in [0, 0.1) is 11.3 Å². The number of aromatic nitrogens is 1. The maximum Gasteiger partial charge on any atom is 0.0318 e. The minimum Gasteiger partial charge on any atom is -0.351 e. The summed E-state index contributed by atoms with van der Waals surface area (Å²) < 4.78 is 2.48. The van der Waals surface area contributed by atoms with E-state index >= 15 is 0 Å². The summed E-state index contributed by atoms with van der Waals surface area (Å²) in [5, 5.41) is 0. The van der Waals surface area contributed by atoms with Crippen LogP contribution in [-0.2, 0) is 13.0 Å². The van der Waals surface area contributed by atoms with E-state index in [2.05, 4.69) is 42.5 Å². The highest BCUT2D eigenvalue weighted by molar-refractivity contribution is 5.30. The summed E-state index contributed by atoms with van der Waals surface area (Å²) in [5.74, 6) is 0.709. The van der Waals surface area contributed by atoms with Crippen molar-refractivity contribution in [1.82, 2.24) is 9.47 Å². The molecule has 1 saturated heterocycles. The lowest BCUT2D eigenvalue weighted by molar-refractivity contribution is 0.256. The minimum absolute atomic E-state index is 0.221. The molecule has 1 aliphatic heterocycles. The molecule has 0 aromatic carbocycles. The molecule has 3 rings (SSSR count). The number of hydrogen-bond acceptors (Lipinski definition) is 2. The maximum absolute atomic E-state index is 6.38. The summed E-state index contributed by atoms with van der Waals surface area (Å²) in [4.78, 5) is 2.62. The van der Waals surface area contributed by atoms with Gasteiger partial charge in [-0.1, -0.05) is 20.8 Å². The van der Waals surface area contributed by atoms with Gasteiger partial charge >= 0.3 is 0 Å². The molecule has 0 saturated carbocycles. The first-order valence-electron chi connectivity index (χ1n) is 8.60. The Labute approximate surface area is 129 Å². The van der Waals surface area contributed by atoms with E-state index < -0.39 is 0 Å². The van der Waals surface area contributed by atoms with Crippen molar-refractivity contribution in [1.29, 1.82) is 0 Å². The Bertz CT molecular complexity index is 483. The van der Waals surface area contributed by atoms with E-state index in [9.17, 15) is 0 Å². The zero-order chi connectivity index (χ0) is 15.0. The van der Waals surface area contributed by atoms with E-state index in [1.54, 1.807) is 0 Å². The van der Waals surface area contributed by atoms with E-state index in [0.29, 0.717) is 11.3 Å². The second-order valence-electron chi connectivity index (χ2n) is 8.13. The summed E-state index contributed by atoms with van der Waals surface area (Å²) in [5.41, 5.74) is 9.59. The lowest BCUT2D eigenvalue weighted by Gasteiger charge is -2.35. The molecule has 1 fully saturated rings. The fraction of sp³-hybridized carbons (Fsp3) is 0.778. The predicted octanol–water partition coefficient (Wildman–Crippen LogP) is 3.19. The van der Waals surface area contributed by atoms with Gasteiger partial charge in [-0.25, -0.2) is 0 Å². The van der Waals surface area contributed by atoms with Crippen LogP contribution in [0.1, 0.15) is 57.3 Å². The Hall–Kier alpha value is -0.800. The first-order chi connectivity index (χ1) is 9.94. The van der Waals surface area contributed by atoms with Crippen molar-refractivity contribution in [3.8, 4) is 0 Å². The van der Waals surface area contributed by atoms with E-state index in [-0.39, 0.29) is 6.04 Å². The Morgan fingerprint density at radius 2 is 2.00 bits per heavy atom. The fourth-order valence-electron chi connectivity index (χ4n) is 4.26. The summed E-state index contributed by atoms with van der Waals surface area (Å²) in [7, 11) is 0. The monoisotopic (exact) mass is 289 g/mol. The second kappa shape index (κ2) is 5.77. The summed E-state index contributed by atoms with van der Waals surface area (Å²) in [6, 6.07) is 2.48. The van der Waals surface area contributed by atoms with Crippen molar-refractivity contribution in [3.63, 3.8) is 0 Å².